The van der Waals surface area contributed by atoms with E-state index >= 15 is 0 Å². The van der Waals surface area contributed by atoms with Gasteiger partial charge in [0.2, 0.25) is 0 Å². The molecule has 2 aromatic rings. The fraction of sp³-hybridized carbons (Fsp3) is 0.409. The molecule has 142 valence electrons. The summed E-state index contributed by atoms with van der Waals surface area (Å²) in [7, 11) is 1.59. The molecule has 0 saturated carbocycles. The molecule has 2 aliphatic rings. The highest BCUT2D eigenvalue weighted by atomic mass is 16.5. The van der Waals surface area contributed by atoms with Crippen LogP contribution in [0.1, 0.15) is 24.8 Å². The molecule has 1 amide bonds. The van der Waals surface area contributed by atoms with E-state index in [9.17, 15) is 4.79 Å². The van der Waals surface area contributed by atoms with E-state index in [1.165, 1.54) is 5.56 Å². The number of ether oxygens (including phenoxy) is 3. The molecule has 0 atom stereocenters. The van der Waals surface area contributed by atoms with E-state index in [1.54, 1.807) is 7.11 Å². The van der Waals surface area contributed by atoms with Gasteiger partial charge in [0.15, 0.2) is 18.1 Å². The average molecular weight is 367 g/mol. The number of nitrogens with zero attached hydrogens (tertiary/aromatic N) is 1. The minimum atomic E-state index is -0.130. The number of para-hydroxylation sites is 3. The predicted molar refractivity (Wildman–Crippen MR) is 102 cm³/mol. The first-order valence-corrected chi connectivity index (χ1v) is 9.50. The van der Waals surface area contributed by atoms with E-state index in [-0.39, 0.29) is 18.1 Å². The molecule has 0 bridgehead atoms. The number of hydrogen-bond donors (Lipinski definition) is 0. The topological polar surface area (TPSA) is 48.0 Å². The van der Waals surface area contributed by atoms with Gasteiger partial charge in [-0.3, -0.25) is 4.79 Å². The zero-order valence-electron chi connectivity index (χ0n) is 15.6. The Labute approximate surface area is 159 Å². The third-order valence-corrected chi connectivity index (χ3v) is 5.60. The molecule has 1 fully saturated rings. The van der Waals surface area contributed by atoms with Crippen LogP contribution in [-0.2, 0) is 11.2 Å². The Kier molecular flexibility index (Phi) is 4.92. The first-order valence-electron chi connectivity index (χ1n) is 9.50. The summed E-state index contributed by atoms with van der Waals surface area (Å²) >= 11 is 0. The molecule has 5 heteroatoms. The normalized spacial score (nSPS) is 17.7. The summed E-state index contributed by atoms with van der Waals surface area (Å²) < 4.78 is 17.3. The monoisotopic (exact) mass is 367 g/mol. The Balaban J connectivity index is 1.32. The second-order valence-electron chi connectivity index (χ2n) is 7.21. The maximum Gasteiger partial charge on any atom is 0.260 e. The van der Waals surface area contributed by atoms with Crippen molar-refractivity contribution in [2.75, 3.05) is 26.8 Å². The van der Waals surface area contributed by atoms with Gasteiger partial charge >= 0.3 is 0 Å². The van der Waals surface area contributed by atoms with Crippen LogP contribution < -0.4 is 14.2 Å². The summed E-state index contributed by atoms with van der Waals surface area (Å²) in [5.41, 5.74) is 1.15. The molecular weight excluding hydrogens is 342 g/mol. The van der Waals surface area contributed by atoms with Crippen LogP contribution in [0.4, 0.5) is 0 Å². The summed E-state index contributed by atoms with van der Waals surface area (Å²) in [5, 5.41) is 0. The van der Waals surface area contributed by atoms with Crippen molar-refractivity contribution in [2.45, 2.75) is 31.3 Å². The standard InChI is InChI=1S/C22H25NO4/c1-25-19-8-4-5-9-20(19)26-16-21(24)23-14-12-22(13-15-23)11-10-17-6-2-3-7-18(17)27-22/h2-9H,10-16H2,1H3. The Hall–Kier alpha value is -2.69. The number of carbonyl (C=O) groups excluding carboxylic acids is 1. The van der Waals surface area contributed by atoms with E-state index in [2.05, 4.69) is 18.2 Å². The number of benzene rings is 2. The van der Waals surface area contributed by atoms with Crippen LogP contribution in [0, 0.1) is 0 Å². The van der Waals surface area contributed by atoms with Crippen LogP contribution in [-0.4, -0.2) is 43.2 Å². The number of carbonyl (C=O) groups is 1. The van der Waals surface area contributed by atoms with Gasteiger partial charge in [-0.2, -0.15) is 0 Å². The van der Waals surface area contributed by atoms with Crippen LogP contribution >= 0.6 is 0 Å². The molecule has 0 unspecified atom stereocenters. The fourth-order valence-corrected chi connectivity index (χ4v) is 3.94. The Morgan fingerprint density at radius 1 is 1.04 bits per heavy atom. The lowest BCUT2D eigenvalue weighted by Crippen LogP contribution is -2.52. The number of methoxy groups -OCH3 is 1. The third kappa shape index (κ3) is 3.72. The van der Waals surface area contributed by atoms with Gasteiger partial charge in [-0.25, -0.2) is 0 Å². The second-order valence-corrected chi connectivity index (χ2v) is 7.21. The highest BCUT2D eigenvalue weighted by Gasteiger charge is 2.40. The number of piperidine rings is 1. The molecule has 4 rings (SSSR count). The number of fused-ring (bicyclic) bond motifs is 1. The first-order chi connectivity index (χ1) is 13.2. The highest BCUT2D eigenvalue weighted by Crippen LogP contribution is 2.39. The molecule has 1 saturated heterocycles. The van der Waals surface area contributed by atoms with E-state index < -0.39 is 0 Å². The zero-order chi connectivity index (χ0) is 18.7. The number of aryl methyl sites for hydroxylation is 1. The Morgan fingerprint density at radius 3 is 2.52 bits per heavy atom. The molecule has 0 aromatic heterocycles. The smallest absolute Gasteiger partial charge is 0.260 e. The number of amides is 1. The molecular formula is C22H25NO4. The van der Waals surface area contributed by atoms with Gasteiger partial charge in [-0.1, -0.05) is 30.3 Å². The van der Waals surface area contributed by atoms with Crippen LogP contribution in [0.15, 0.2) is 48.5 Å². The van der Waals surface area contributed by atoms with Gasteiger partial charge in [0.25, 0.3) is 5.91 Å². The predicted octanol–water partition coefficient (Wildman–Crippen LogP) is 3.46. The summed E-state index contributed by atoms with van der Waals surface area (Å²) in [5.74, 6) is 2.24. The van der Waals surface area contributed by atoms with Crippen molar-refractivity contribution in [3.8, 4) is 17.2 Å². The van der Waals surface area contributed by atoms with Gasteiger partial charge in [-0.05, 0) is 36.6 Å². The first kappa shape index (κ1) is 17.7. The van der Waals surface area contributed by atoms with Gasteiger partial charge in [0.05, 0.1) is 7.11 Å². The number of likely N-dealkylation sites (tertiary alicyclic amines) is 1. The van der Waals surface area contributed by atoms with Crippen LogP contribution in [0.2, 0.25) is 0 Å². The maximum atomic E-state index is 12.6. The number of hydrogen-bond acceptors (Lipinski definition) is 4. The SMILES string of the molecule is COc1ccccc1OCC(=O)N1CCC2(CCc3ccccc3O2)CC1. The van der Waals surface area contributed by atoms with Gasteiger partial charge in [0.1, 0.15) is 11.4 Å². The lowest BCUT2D eigenvalue weighted by Gasteiger charge is -2.44. The molecule has 0 radical (unpaired) electrons. The lowest BCUT2D eigenvalue weighted by molar-refractivity contribution is -0.137. The molecule has 1 spiro atoms. The van der Waals surface area contributed by atoms with Gasteiger partial charge in [0, 0.05) is 25.9 Å². The van der Waals surface area contributed by atoms with Crippen molar-refractivity contribution in [3.63, 3.8) is 0 Å². The average Bonchev–Trinajstić information content (AvgIpc) is 2.72. The quantitative estimate of drug-likeness (QED) is 0.830. The van der Waals surface area contributed by atoms with Crippen LogP contribution in [0.3, 0.4) is 0 Å². The van der Waals surface area contributed by atoms with Gasteiger partial charge < -0.3 is 19.1 Å². The van der Waals surface area contributed by atoms with Crippen molar-refractivity contribution in [2.24, 2.45) is 0 Å². The minimum absolute atomic E-state index is 0.00645. The molecule has 2 aromatic carbocycles. The summed E-state index contributed by atoms with van der Waals surface area (Å²) in [6.45, 7) is 1.43. The largest absolute Gasteiger partial charge is 0.493 e. The van der Waals surface area contributed by atoms with E-state index in [1.807, 2.05) is 35.2 Å². The van der Waals surface area contributed by atoms with Crippen molar-refractivity contribution < 1.29 is 19.0 Å². The van der Waals surface area contributed by atoms with Crippen LogP contribution in [0.5, 0.6) is 17.2 Å². The van der Waals surface area contributed by atoms with Crippen LogP contribution in [0.25, 0.3) is 0 Å². The van der Waals surface area contributed by atoms with Crippen molar-refractivity contribution in [1.29, 1.82) is 0 Å². The third-order valence-electron chi connectivity index (χ3n) is 5.60. The minimum Gasteiger partial charge on any atom is -0.493 e. The molecule has 0 N–H and O–H groups in total. The zero-order valence-corrected chi connectivity index (χ0v) is 15.6. The van der Waals surface area contributed by atoms with Gasteiger partial charge in [-0.15, -0.1) is 0 Å². The fourth-order valence-electron chi connectivity index (χ4n) is 3.94. The maximum absolute atomic E-state index is 12.6. The van der Waals surface area contributed by atoms with E-state index in [0.29, 0.717) is 24.6 Å². The summed E-state index contributed by atoms with van der Waals surface area (Å²) in [6, 6.07) is 15.6. The van der Waals surface area contributed by atoms with Crippen molar-refractivity contribution in [1.82, 2.24) is 4.90 Å². The highest BCUT2D eigenvalue weighted by molar-refractivity contribution is 5.78. The molecule has 2 heterocycles. The molecule has 0 aliphatic carbocycles. The van der Waals surface area contributed by atoms with Crippen molar-refractivity contribution in [3.05, 3.63) is 54.1 Å². The molecule has 27 heavy (non-hydrogen) atoms. The molecule has 5 nitrogen and oxygen atoms in total. The second kappa shape index (κ2) is 7.51. The Morgan fingerprint density at radius 2 is 1.74 bits per heavy atom. The summed E-state index contributed by atoms with van der Waals surface area (Å²) in [4.78, 5) is 14.4. The molecule has 2 aliphatic heterocycles. The Bertz CT molecular complexity index is 811. The lowest BCUT2D eigenvalue weighted by atomic mass is 9.83. The van der Waals surface area contributed by atoms with E-state index in [4.69, 9.17) is 14.2 Å². The van der Waals surface area contributed by atoms with Crippen molar-refractivity contribution >= 4 is 5.91 Å². The van der Waals surface area contributed by atoms with E-state index in [0.717, 1.165) is 31.4 Å². The summed E-state index contributed by atoms with van der Waals surface area (Å²) in [6.07, 6.45) is 3.79. The number of rotatable bonds is 4.